The van der Waals surface area contributed by atoms with Crippen molar-refractivity contribution in [3.8, 4) is 0 Å². The number of anilines is 1. The lowest BCUT2D eigenvalue weighted by Crippen LogP contribution is -2.39. The number of aryl methyl sites for hydroxylation is 1. The Morgan fingerprint density at radius 3 is 2.76 bits per heavy atom. The van der Waals surface area contributed by atoms with Gasteiger partial charge in [-0.25, -0.2) is 0 Å². The van der Waals surface area contributed by atoms with Crippen molar-refractivity contribution in [2.45, 2.75) is 18.6 Å². The average Bonchev–Trinajstić information content (AvgIpc) is 3.08. The smallest absolute Gasteiger partial charge is 0.310 e. The van der Waals surface area contributed by atoms with Gasteiger partial charge in [0.2, 0.25) is 5.91 Å². The Morgan fingerprint density at radius 1 is 1.38 bits per heavy atom. The number of hydrogen-bond acceptors (Lipinski definition) is 3. The Balaban J connectivity index is 1.73. The fraction of sp³-hybridized carbons (Fsp3) is 0.375. The van der Waals surface area contributed by atoms with E-state index < -0.39 is 29.5 Å². The number of nitrogens with zero attached hydrogens (tertiary/aromatic N) is 1. The topological polar surface area (TPSA) is 66.8 Å². The second-order valence-corrected chi connectivity index (χ2v) is 6.00. The van der Waals surface area contributed by atoms with Gasteiger partial charge < -0.3 is 14.7 Å². The third kappa shape index (κ3) is 1.55. The van der Waals surface area contributed by atoms with Crippen LogP contribution in [0.4, 0.5) is 5.69 Å². The maximum absolute atomic E-state index is 12.7. The molecule has 1 aromatic carbocycles. The first kappa shape index (κ1) is 12.6. The first-order chi connectivity index (χ1) is 10.0. The van der Waals surface area contributed by atoms with Gasteiger partial charge >= 0.3 is 5.97 Å². The van der Waals surface area contributed by atoms with Gasteiger partial charge in [-0.05, 0) is 19.1 Å². The van der Waals surface area contributed by atoms with E-state index in [4.69, 9.17) is 4.74 Å². The number of ether oxygens (including phenoxy) is 1. The van der Waals surface area contributed by atoms with Gasteiger partial charge in [0, 0.05) is 5.69 Å². The molecule has 1 amide bonds. The highest BCUT2D eigenvalue weighted by Crippen LogP contribution is 2.52. The molecule has 0 saturated carbocycles. The van der Waals surface area contributed by atoms with Gasteiger partial charge in [-0.2, -0.15) is 0 Å². The number of carbonyl (C=O) groups excluding carboxylic acids is 1. The second-order valence-electron chi connectivity index (χ2n) is 6.00. The van der Waals surface area contributed by atoms with Crippen molar-refractivity contribution in [2.24, 2.45) is 11.8 Å². The molecule has 3 aliphatic heterocycles. The summed E-state index contributed by atoms with van der Waals surface area (Å²) in [6, 6.07) is 7.65. The zero-order valence-corrected chi connectivity index (χ0v) is 11.5. The van der Waals surface area contributed by atoms with Crippen LogP contribution in [0.15, 0.2) is 36.4 Å². The minimum Gasteiger partial charge on any atom is -0.481 e. The zero-order chi connectivity index (χ0) is 14.8. The van der Waals surface area contributed by atoms with E-state index in [2.05, 4.69) is 0 Å². The van der Waals surface area contributed by atoms with Crippen LogP contribution in [-0.4, -0.2) is 35.2 Å². The number of rotatable bonds is 2. The van der Waals surface area contributed by atoms with Crippen LogP contribution < -0.4 is 4.90 Å². The number of aliphatic carboxylic acids is 1. The van der Waals surface area contributed by atoms with Crippen molar-refractivity contribution in [1.82, 2.24) is 0 Å². The third-order valence-electron chi connectivity index (χ3n) is 4.73. The lowest BCUT2D eigenvalue weighted by molar-refractivity contribution is -0.146. The molecule has 1 aromatic rings. The number of carbonyl (C=O) groups is 2. The summed E-state index contributed by atoms with van der Waals surface area (Å²) in [5, 5.41) is 9.41. The molecule has 2 fully saturated rings. The lowest BCUT2D eigenvalue weighted by atomic mass is 9.77. The van der Waals surface area contributed by atoms with E-state index in [1.165, 1.54) is 0 Å². The van der Waals surface area contributed by atoms with Crippen molar-refractivity contribution in [2.75, 3.05) is 11.4 Å². The third-order valence-corrected chi connectivity index (χ3v) is 4.73. The van der Waals surface area contributed by atoms with Crippen LogP contribution in [0.2, 0.25) is 0 Å². The van der Waals surface area contributed by atoms with Gasteiger partial charge in [-0.1, -0.05) is 29.8 Å². The first-order valence-electron chi connectivity index (χ1n) is 7.00. The molecule has 0 unspecified atom stereocenters. The number of carboxylic acid groups (broad SMARTS) is 1. The van der Waals surface area contributed by atoms with Gasteiger partial charge in [-0.15, -0.1) is 0 Å². The monoisotopic (exact) mass is 285 g/mol. The van der Waals surface area contributed by atoms with E-state index in [1.807, 2.05) is 37.3 Å². The fourth-order valence-electron chi connectivity index (χ4n) is 3.72. The Hall–Kier alpha value is -2.14. The highest BCUT2D eigenvalue weighted by atomic mass is 16.5. The van der Waals surface area contributed by atoms with Crippen molar-refractivity contribution in [1.29, 1.82) is 0 Å². The summed E-state index contributed by atoms with van der Waals surface area (Å²) in [7, 11) is 0. The van der Waals surface area contributed by atoms with Crippen LogP contribution in [0.1, 0.15) is 5.56 Å². The molecule has 3 heterocycles. The quantitative estimate of drug-likeness (QED) is 0.833. The lowest BCUT2D eigenvalue weighted by Gasteiger charge is -2.21. The van der Waals surface area contributed by atoms with E-state index in [-0.39, 0.29) is 5.91 Å². The van der Waals surface area contributed by atoms with Crippen LogP contribution in [0.3, 0.4) is 0 Å². The molecular weight excluding hydrogens is 270 g/mol. The average molecular weight is 285 g/mol. The number of hydrogen-bond donors (Lipinski definition) is 1. The summed E-state index contributed by atoms with van der Waals surface area (Å²) in [6.07, 6.45) is 3.17. The highest BCUT2D eigenvalue weighted by molar-refractivity contribution is 6.02. The molecule has 5 nitrogen and oxygen atoms in total. The molecule has 5 heteroatoms. The molecule has 2 bridgehead atoms. The first-order valence-corrected chi connectivity index (χ1v) is 7.00. The van der Waals surface area contributed by atoms with Crippen molar-refractivity contribution in [3.63, 3.8) is 0 Å². The second kappa shape index (κ2) is 3.95. The van der Waals surface area contributed by atoms with Crippen LogP contribution >= 0.6 is 0 Å². The molecule has 0 radical (unpaired) electrons. The molecule has 0 aliphatic carbocycles. The molecule has 1 N–H and O–H groups in total. The maximum Gasteiger partial charge on any atom is 0.310 e. The number of fused-ring (bicyclic) bond motifs is 1. The molecular formula is C16H15NO4. The van der Waals surface area contributed by atoms with E-state index in [1.54, 1.807) is 11.0 Å². The van der Waals surface area contributed by atoms with Gasteiger partial charge in [0.25, 0.3) is 0 Å². The molecule has 21 heavy (non-hydrogen) atoms. The largest absolute Gasteiger partial charge is 0.481 e. The summed E-state index contributed by atoms with van der Waals surface area (Å²) < 4.78 is 5.85. The van der Waals surface area contributed by atoms with Crippen molar-refractivity contribution in [3.05, 3.63) is 42.0 Å². The van der Waals surface area contributed by atoms with E-state index in [9.17, 15) is 14.7 Å². The van der Waals surface area contributed by atoms with E-state index in [0.717, 1.165) is 11.3 Å². The number of carboxylic acids is 1. The minimum absolute atomic E-state index is 0.155. The van der Waals surface area contributed by atoms with Gasteiger partial charge in [0.05, 0.1) is 18.6 Å². The minimum atomic E-state index is -0.963. The zero-order valence-electron chi connectivity index (χ0n) is 11.5. The van der Waals surface area contributed by atoms with Gasteiger partial charge in [0.1, 0.15) is 11.5 Å². The van der Waals surface area contributed by atoms with Gasteiger partial charge in [-0.3, -0.25) is 9.59 Å². The van der Waals surface area contributed by atoms with Crippen LogP contribution in [0.5, 0.6) is 0 Å². The van der Waals surface area contributed by atoms with Gasteiger partial charge in [0.15, 0.2) is 0 Å². The van der Waals surface area contributed by atoms with E-state index in [0.29, 0.717) is 6.54 Å². The van der Waals surface area contributed by atoms with Crippen LogP contribution in [-0.2, 0) is 14.3 Å². The Bertz CT molecular complexity index is 665. The molecule has 1 spiro atoms. The maximum atomic E-state index is 12.7. The molecule has 2 saturated heterocycles. The molecule has 4 atom stereocenters. The Morgan fingerprint density at radius 2 is 2.10 bits per heavy atom. The number of benzene rings is 1. The summed E-state index contributed by atoms with van der Waals surface area (Å²) in [5.74, 6) is -2.52. The molecule has 108 valence electrons. The fourth-order valence-corrected chi connectivity index (χ4v) is 3.72. The van der Waals surface area contributed by atoms with Crippen LogP contribution in [0, 0.1) is 18.8 Å². The predicted molar refractivity (Wildman–Crippen MR) is 74.9 cm³/mol. The van der Waals surface area contributed by atoms with Crippen molar-refractivity contribution >= 4 is 17.6 Å². The SMILES string of the molecule is Cc1ccc(N2C[C@@]34C=C[C@H](O3)[C@H](C(=O)O)[C@@H]4C2=O)cc1. The summed E-state index contributed by atoms with van der Waals surface area (Å²) in [6.45, 7) is 2.37. The van der Waals surface area contributed by atoms with Crippen LogP contribution in [0.25, 0.3) is 0 Å². The Kier molecular flexibility index (Phi) is 2.37. The van der Waals surface area contributed by atoms with Crippen molar-refractivity contribution < 1.29 is 19.4 Å². The molecule has 3 aliphatic rings. The summed E-state index contributed by atoms with van der Waals surface area (Å²) in [4.78, 5) is 25.8. The normalized spacial score (nSPS) is 36.3. The highest BCUT2D eigenvalue weighted by Gasteiger charge is 2.67. The summed E-state index contributed by atoms with van der Waals surface area (Å²) >= 11 is 0. The molecule has 0 aromatic heterocycles. The summed E-state index contributed by atoms with van der Waals surface area (Å²) in [5.41, 5.74) is 1.14. The Labute approximate surface area is 121 Å². The standard InChI is InChI=1S/C16H15NO4/c1-9-2-4-10(5-3-9)17-8-16-7-6-11(21-16)12(15(19)20)13(16)14(17)18/h2-7,11-13H,8H2,1H3,(H,19,20)/t11-,12-,13+,16+/m0/s1. The van der Waals surface area contributed by atoms with E-state index >= 15 is 0 Å². The number of amides is 1. The predicted octanol–water partition coefficient (Wildman–Crippen LogP) is 1.37. The molecule has 4 rings (SSSR count).